The summed E-state index contributed by atoms with van der Waals surface area (Å²) in [7, 11) is 0. The smallest absolute Gasteiger partial charge is 0.220 e. The Morgan fingerprint density at radius 3 is 2.13 bits per heavy atom. The van der Waals surface area contributed by atoms with Crippen molar-refractivity contribution in [2.24, 2.45) is 11.1 Å². The van der Waals surface area contributed by atoms with Gasteiger partial charge in [0.2, 0.25) is 11.8 Å². The predicted molar refractivity (Wildman–Crippen MR) is 60.1 cm³/mol. The topological polar surface area (TPSA) is 72.2 Å². The van der Waals surface area contributed by atoms with Gasteiger partial charge in [0.1, 0.15) is 0 Å². The van der Waals surface area contributed by atoms with E-state index in [9.17, 15) is 9.59 Å². The summed E-state index contributed by atoms with van der Waals surface area (Å²) in [6.07, 6.45) is 2.37. The third-order valence-corrected chi connectivity index (χ3v) is 3.02. The lowest BCUT2D eigenvalue weighted by atomic mass is 9.85. The summed E-state index contributed by atoms with van der Waals surface area (Å²) < 4.78 is 0. The third-order valence-electron chi connectivity index (χ3n) is 3.02. The molecular weight excluding hydrogens is 192 g/mol. The van der Waals surface area contributed by atoms with E-state index in [-0.39, 0.29) is 24.2 Å². The molecule has 0 rings (SSSR count). The van der Waals surface area contributed by atoms with Gasteiger partial charge in [-0.3, -0.25) is 9.59 Å². The number of hydrogen-bond donors (Lipinski definition) is 2. The van der Waals surface area contributed by atoms with Gasteiger partial charge in [-0.2, -0.15) is 0 Å². The molecule has 2 amide bonds. The summed E-state index contributed by atoms with van der Waals surface area (Å²) in [6.45, 7) is 7.02. The Kier molecular flexibility index (Phi) is 5.97. The second kappa shape index (κ2) is 6.43. The number of carbonyl (C=O) groups excluding carboxylic acids is 2. The Bertz CT molecular complexity index is 223. The predicted octanol–water partition coefficient (Wildman–Crippen LogP) is 1.19. The zero-order chi connectivity index (χ0) is 11.9. The molecular formula is C11H22N2O2. The lowest BCUT2D eigenvalue weighted by Gasteiger charge is -2.26. The van der Waals surface area contributed by atoms with Crippen molar-refractivity contribution >= 4 is 11.8 Å². The molecule has 0 saturated carbocycles. The van der Waals surface area contributed by atoms with Crippen LogP contribution in [0.15, 0.2) is 0 Å². The van der Waals surface area contributed by atoms with Crippen molar-refractivity contribution < 1.29 is 9.59 Å². The zero-order valence-corrected chi connectivity index (χ0v) is 9.93. The minimum absolute atomic E-state index is 0.0954. The zero-order valence-electron chi connectivity index (χ0n) is 9.93. The number of amides is 2. The van der Waals surface area contributed by atoms with E-state index in [0.29, 0.717) is 6.54 Å². The molecule has 0 aromatic carbocycles. The molecule has 0 aliphatic carbocycles. The first-order chi connectivity index (χ1) is 6.93. The molecule has 0 heterocycles. The van der Waals surface area contributed by atoms with Gasteiger partial charge in [0.15, 0.2) is 0 Å². The van der Waals surface area contributed by atoms with Crippen molar-refractivity contribution in [3.8, 4) is 0 Å². The van der Waals surface area contributed by atoms with Crippen LogP contribution in [0, 0.1) is 5.41 Å². The molecule has 0 radical (unpaired) electrons. The minimum atomic E-state index is -0.432. The van der Waals surface area contributed by atoms with Crippen molar-refractivity contribution in [3.05, 3.63) is 0 Å². The van der Waals surface area contributed by atoms with E-state index in [1.54, 1.807) is 0 Å². The molecule has 0 spiro atoms. The van der Waals surface area contributed by atoms with Gasteiger partial charge < -0.3 is 11.1 Å². The SMILES string of the molecule is CCC(C)(CC)CNC(=O)CCC(N)=O. The number of nitrogens with two attached hydrogens (primary N) is 1. The summed E-state index contributed by atoms with van der Waals surface area (Å²) in [5, 5.41) is 2.83. The van der Waals surface area contributed by atoms with Crippen LogP contribution >= 0.6 is 0 Å². The molecule has 0 bridgehead atoms. The molecule has 4 heteroatoms. The van der Waals surface area contributed by atoms with Crippen LogP contribution in [0.5, 0.6) is 0 Å². The molecule has 0 aromatic heterocycles. The van der Waals surface area contributed by atoms with Crippen LogP contribution in [0.25, 0.3) is 0 Å². The van der Waals surface area contributed by atoms with E-state index in [4.69, 9.17) is 5.73 Å². The number of hydrogen-bond acceptors (Lipinski definition) is 2. The van der Waals surface area contributed by atoms with Gasteiger partial charge in [0.05, 0.1) is 0 Å². The second-order valence-corrected chi connectivity index (χ2v) is 4.26. The van der Waals surface area contributed by atoms with Crippen molar-refractivity contribution in [1.29, 1.82) is 0 Å². The first kappa shape index (κ1) is 13.9. The molecule has 0 atom stereocenters. The molecule has 0 fully saturated rings. The summed E-state index contributed by atoms with van der Waals surface area (Å²) in [5.41, 5.74) is 5.11. The highest BCUT2D eigenvalue weighted by Gasteiger charge is 2.20. The molecule has 88 valence electrons. The number of primary amides is 1. The Morgan fingerprint density at radius 1 is 1.20 bits per heavy atom. The fourth-order valence-corrected chi connectivity index (χ4v) is 1.14. The van der Waals surface area contributed by atoms with Crippen LogP contribution < -0.4 is 11.1 Å². The van der Waals surface area contributed by atoms with E-state index >= 15 is 0 Å². The Hall–Kier alpha value is -1.06. The summed E-state index contributed by atoms with van der Waals surface area (Å²) in [5.74, 6) is -0.527. The van der Waals surface area contributed by atoms with Gasteiger partial charge in [-0.15, -0.1) is 0 Å². The fraction of sp³-hybridized carbons (Fsp3) is 0.818. The lowest BCUT2D eigenvalue weighted by Crippen LogP contribution is -2.35. The van der Waals surface area contributed by atoms with Crippen molar-refractivity contribution in [1.82, 2.24) is 5.32 Å². The maximum Gasteiger partial charge on any atom is 0.220 e. The van der Waals surface area contributed by atoms with E-state index < -0.39 is 5.91 Å². The molecule has 0 saturated heterocycles. The molecule has 15 heavy (non-hydrogen) atoms. The second-order valence-electron chi connectivity index (χ2n) is 4.26. The Balaban J connectivity index is 3.84. The van der Waals surface area contributed by atoms with Crippen LogP contribution in [0.4, 0.5) is 0 Å². The Morgan fingerprint density at radius 2 is 1.73 bits per heavy atom. The molecule has 0 aromatic rings. The first-order valence-corrected chi connectivity index (χ1v) is 5.48. The largest absolute Gasteiger partial charge is 0.370 e. The standard InChI is InChI=1S/C11H22N2O2/c1-4-11(3,5-2)8-13-10(15)7-6-9(12)14/h4-8H2,1-3H3,(H2,12,14)(H,13,15). The van der Waals surface area contributed by atoms with Crippen molar-refractivity contribution in [3.63, 3.8) is 0 Å². The fourth-order valence-electron chi connectivity index (χ4n) is 1.14. The van der Waals surface area contributed by atoms with Crippen LogP contribution in [0.3, 0.4) is 0 Å². The minimum Gasteiger partial charge on any atom is -0.370 e. The number of nitrogens with one attached hydrogen (secondary N) is 1. The summed E-state index contributed by atoms with van der Waals surface area (Å²) in [4.78, 5) is 21.8. The van der Waals surface area contributed by atoms with Crippen LogP contribution in [-0.4, -0.2) is 18.4 Å². The molecule has 0 unspecified atom stereocenters. The highest BCUT2D eigenvalue weighted by atomic mass is 16.2. The molecule has 0 aliphatic rings. The van der Waals surface area contributed by atoms with Crippen LogP contribution in [0.1, 0.15) is 46.5 Å². The van der Waals surface area contributed by atoms with Gasteiger partial charge in [-0.25, -0.2) is 0 Å². The van der Waals surface area contributed by atoms with Gasteiger partial charge in [0.25, 0.3) is 0 Å². The van der Waals surface area contributed by atoms with Gasteiger partial charge in [-0.1, -0.05) is 20.8 Å². The number of rotatable bonds is 7. The van der Waals surface area contributed by atoms with E-state index in [2.05, 4.69) is 26.1 Å². The molecule has 3 N–H and O–H groups in total. The molecule has 0 aliphatic heterocycles. The lowest BCUT2D eigenvalue weighted by molar-refractivity contribution is -0.125. The van der Waals surface area contributed by atoms with Gasteiger partial charge in [0, 0.05) is 19.4 Å². The molecule has 4 nitrogen and oxygen atoms in total. The number of carbonyl (C=O) groups is 2. The normalized spacial score (nSPS) is 11.1. The van der Waals surface area contributed by atoms with E-state index in [0.717, 1.165) is 12.8 Å². The highest BCUT2D eigenvalue weighted by molar-refractivity contribution is 5.82. The van der Waals surface area contributed by atoms with Crippen LogP contribution in [0.2, 0.25) is 0 Å². The van der Waals surface area contributed by atoms with Crippen LogP contribution in [-0.2, 0) is 9.59 Å². The summed E-state index contributed by atoms with van der Waals surface area (Å²) in [6, 6.07) is 0. The first-order valence-electron chi connectivity index (χ1n) is 5.48. The average molecular weight is 214 g/mol. The quantitative estimate of drug-likeness (QED) is 0.668. The monoisotopic (exact) mass is 214 g/mol. The van der Waals surface area contributed by atoms with Crippen molar-refractivity contribution in [2.75, 3.05) is 6.54 Å². The highest BCUT2D eigenvalue weighted by Crippen LogP contribution is 2.23. The summed E-state index contributed by atoms with van der Waals surface area (Å²) >= 11 is 0. The van der Waals surface area contributed by atoms with Crippen molar-refractivity contribution in [2.45, 2.75) is 46.5 Å². The van der Waals surface area contributed by atoms with Gasteiger partial charge in [-0.05, 0) is 18.3 Å². The Labute approximate surface area is 91.6 Å². The average Bonchev–Trinajstić information content (AvgIpc) is 2.23. The van der Waals surface area contributed by atoms with E-state index in [1.165, 1.54) is 0 Å². The van der Waals surface area contributed by atoms with Gasteiger partial charge >= 0.3 is 0 Å². The maximum atomic E-state index is 11.3. The van der Waals surface area contributed by atoms with E-state index in [1.807, 2.05) is 0 Å². The third kappa shape index (κ3) is 6.10. The maximum absolute atomic E-state index is 11.3.